The summed E-state index contributed by atoms with van der Waals surface area (Å²) in [6, 6.07) is 12.8. The van der Waals surface area contributed by atoms with Crippen LogP contribution in [0.25, 0.3) is 11.3 Å². The van der Waals surface area contributed by atoms with Crippen LogP contribution in [-0.2, 0) is 6.42 Å². The molecule has 0 radical (unpaired) electrons. The fourth-order valence-electron chi connectivity index (χ4n) is 5.50. The standard InChI is InChI=1S/C34H51NO/c1-3-5-7-8-9-10-12-15-31-21-26-34(35-28-31)32-22-24-33(25-23-32)36-27-13-16-30-19-17-29(18-20-30)14-11-6-4-2/h13,16,21-26,28-30H,3-12,14-15,17-20,27H2,1-2H3/t29-,30-. The van der Waals surface area contributed by atoms with Crippen molar-refractivity contribution in [3.05, 3.63) is 60.3 Å². The van der Waals surface area contributed by atoms with E-state index in [0.717, 1.165) is 35.3 Å². The van der Waals surface area contributed by atoms with E-state index < -0.39 is 0 Å². The predicted molar refractivity (Wildman–Crippen MR) is 156 cm³/mol. The number of ether oxygens (including phenoxy) is 1. The summed E-state index contributed by atoms with van der Waals surface area (Å²) in [4.78, 5) is 4.72. The summed E-state index contributed by atoms with van der Waals surface area (Å²) in [6.07, 6.45) is 28.4. The van der Waals surface area contributed by atoms with Crippen LogP contribution in [-0.4, -0.2) is 11.6 Å². The number of allylic oxidation sites excluding steroid dienone is 1. The second-order valence-corrected chi connectivity index (χ2v) is 11.0. The summed E-state index contributed by atoms with van der Waals surface area (Å²) in [5.74, 6) is 2.66. The first-order chi connectivity index (χ1) is 17.8. The minimum absolute atomic E-state index is 0.654. The zero-order valence-corrected chi connectivity index (χ0v) is 23.2. The van der Waals surface area contributed by atoms with E-state index in [1.165, 1.54) is 102 Å². The van der Waals surface area contributed by atoms with Gasteiger partial charge in [0, 0.05) is 11.8 Å². The molecule has 1 aromatic heterocycles. The predicted octanol–water partition coefficient (Wildman–Crippen LogP) is 10.4. The smallest absolute Gasteiger partial charge is 0.119 e. The van der Waals surface area contributed by atoms with Crippen molar-refractivity contribution >= 4 is 0 Å². The second-order valence-electron chi connectivity index (χ2n) is 11.0. The Hall–Kier alpha value is -2.09. The van der Waals surface area contributed by atoms with Gasteiger partial charge in [-0.2, -0.15) is 0 Å². The molecule has 0 saturated heterocycles. The topological polar surface area (TPSA) is 22.1 Å². The first kappa shape index (κ1) is 28.5. The van der Waals surface area contributed by atoms with E-state index in [2.05, 4.69) is 68.6 Å². The number of aryl methyl sites for hydroxylation is 1. The first-order valence-electron chi connectivity index (χ1n) is 15.1. The number of benzene rings is 1. The Balaban J connectivity index is 1.32. The van der Waals surface area contributed by atoms with Gasteiger partial charge in [0.25, 0.3) is 0 Å². The van der Waals surface area contributed by atoms with Crippen LogP contribution in [0.4, 0.5) is 0 Å². The maximum Gasteiger partial charge on any atom is 0.119 e. The highest BCUT2D eigenvalue weighted by Crippen LogP contribution is 2.32. The lowest BCUT2D eigenvalue weighted by atomic mass is 9.79. The molecule has 1 aliphatic carbocycles. The molecule has 0 amide bonds. The van der Waals surface area contributed by atoms with Crippen LogP contribution < -0.4 is 4.74 Å². The van der Waals surface area contributed by atoms with Crippen LogP contribution >= 0.6 is 0 Å². The molecule has 0 N–H and O–H groups in total. The molecule has 3 rings (SSSR count). The Morgan fingerprint density at radius 2 is 1.47 bits per heavy atom. The molecule has 0 bridgehead atoms. The SMILES string of the molecule is CCCCCCCCCc1ccc(-c2ccc(OCC=C[C@H]3CC[C@H](CCCCC)CC3)cc2)nc1. The average molecular weight is 490 g/mol. The van der Waals surface area contributed by atoms with E-state index in [9.17, 15) is 0 Å². The molecular weight excluding hydrogens is 438 g/mol. The number of pyridine rings is 1. The highest BCUT2D eigenvalue weighted by Gasteiger charge is 2.18. The summed E-state index contributed by atoms with van der Waals surface area (Å²) in [7, 11) is 0. The van der Waals surface area contributed by atoms with Crippen LogP contribution in [0.5, 0.6) is 5.75 Å². The molecule has 2 nitrogen and oxygen atoms in total. The lowest BCUT2D eigenvalue weighted by Gasteiger charge is -2.26. The molecule has 0 spiro atoms. The minimum Gasteiger partial charge on any atom is -0.490 e. The van der Waals surface area contributed by atoms with Crippen LogP contribution in [0.2, 0.25) is 0 Å². The summed E-state index contributed by atoms with van der Waals surface area (Å²) >= 11 is 0. The van der Waals surface area contributed by atoms with Gasteiger partial charge >= 0.3 is 0 Å². The van der Waals surface area contributed by atoms with Gasteiger partial charge < -0.3 is 4.74 Å². The molecule has 1 saturated carbocycles. The molecule has 0 atom stereocenters. The second kappa shape index (κ2) is 17.4. The number of hydrogen-bond acceptors (Lipinski definition) is 2. The van der Waals surface area contributed by atoms with E-state index in [1.807, 2.05) is 0 Å². The quantitative estimate of drug-likeness (QED) is 0.163. The highest BCUT2D eigenvalue weighted by molar-refractivity contribution is 5.60. The molecule has 36 heavy (non-hydrogen) atoms. The Morgan fingerprint density at radius 3 is 2.17 bits per heavy atom. The van der Waals surface area contributed by atoms with Crippen molar-refractivity contribution in [2.24, 2.45) is 11.8 Å². The van der Waals surface area contributed by atoms with E-state index in [0.29, 0.717) is 6.61 Å². The van der Waals surface area contributed by atoms with Gasteiger partial charge in [-0.3, -0.25) is 4.98 Å². The maximum atomic E-state index is 5.97. The molecular formula is C34H51NO. The monoisotopic (exact) mass is 489 g/mol. The van der Waals surface area contributed by atoms with Crippen LogP contribution in [0, 0.1) is 11.8 Å². The summed E-state index contributed by atoms with van der Waals surface area (Å²) in [6.45, 7) is 5.23. The molecule has 2 aromatic rings. The van der Waals surface area contributed by atoms with Crippen molar-refractivity contribution in [3.63, 3.8) is 0 Å². The van der Waals surface area contributed by atoms with Gasteiger partial charge in [-0.25, -0.2) is 0 Å². The third-order valence-electron chi connectivity index (χ3n) is 7.91. The lowest BCUT2D eigenvalue weighted by Crippen LogP contribution is -2.13. The Kier molecular flexibility index (Phi) is 13.8. The van der Waals surface area contributed by atoms with Crippen molar-refractivity contribution < 1.29 is 4.74 Å². The molecule has 1 heterocycles. The first-order valence-corrected chi connectivity index (χ1v) is 15.1. The molecule has 1 fully saturated rings. The number of rotatable bonds is 17. The minimum atomic E-state index is 0.654. The van der Waals surface area contributed by atoms with Gasteiger partial charge in [0.05, 0.1) is 5.69 Å². The number of nitrogens with zero attached hydrogens (tertiary/aromatic N) is 1. The Labute approximate surface area is 222 Å². The normalized spacial score (nSPS) is 18.1. The third-order valence-corrected chi connectivity index (χ3v) is 7.91. The molecule has 2 heteroatoms. The van der Waals surface area contributed by atoms with E-state index >= 15 is 0 Å². The number of aromatic nitrogens is 1. The summed E-state index contributed by atoms with van der Waals surface area (Å²) < 4.78 is 5.97. The fraction of sp³-hybridized carbons (Fsp3) is 0.618. The molecule has 0 unspecified atom stereocenters. The Morgan fingerprint density at radius 1 is 0.778 bits per heavy atom. The van der Waals surface area contributed by atoms with Gasteiger partial charge in [-0.05, 0) is 86.3 Å². The third kappa shape index (κ3) is 10.9. The van der Waals surface area contributed by atoms with E-state index in [1.54, 1.807) is 0 Å². The summed E-state index contributed by atoms with van der Waals surface area (Å²) in [5.41, 5.74) is 3.54. The summed E-state index contributed by atoms with van der Waals surface area (Å²) in [5, 5.41) is 0. The molecule has 1 aromatic carbocycles. The maximum absolute atomic E-state index is 5.97. The molecule has 1 aliphatic rings. The fourth-order valence-corrected chi connectivity index (χ4v) is 5.50. The van der Waals surface area contributed by atoms with Crippen molar-refractivity contribution in [1.82, 2.24) is 4.98 Å². The van der Waals surface area contributed by atoms with Crippen LogP contribution in [0.1, 0.15) is 116 Å². The average Bonchev–Trinajstić information content (AvgIpc) is 2.92. The van der Waals surface area contributed by atoms with Gasteiger partial charge in [-0.1, -0.05) is 96.3 Å². The van der Waals surface area contributed by atoms with Crippen molar-refractivity contribution in [1.29, 1.82) is 0 Å². The zero-order valence-electron chi connectivity index (χ0n) is 23.2. The lowest BCUT2D eigenvalue weighted by molar-refractivity contribution is 0.288. The zero-order chi connectivity index (χ0) is 25.3. The highest BCUT2D eigenvalue weighted by atomic mass is 16.5. The number of hydrogen-bond donors (Lipinski definition) is 0. The van der Waals surface area contributed by atoms with Crippen molar-refractivity contribution in [2.45, 2.75) is 117 Å². The molecule has 0 aliphatic heterocycles. The number of unbranched alkanes of at least 4 members (excludes halogenated alkanes) is 8. The van der Waals surface area contributed by atoms with Gasteiger partial charge in [0.1, 0.15) is 12.4 Å². The van der Waals surface area contributed by atoms with Gasteiger partial charge in [0.15, 0.2) is 0 Å². The van der Waals surface area contributed by atoms with Crippen molar-refractivity contribution in [3.8, 4) is 17.0 Å². The van der Waals surface area contributed by atoms with E-state index in [4.69, 9.17) is 9.72 Å². The Bertz CT molecular complexity index is 830. The largest absolute Gasteiger partial charge is 0.490 e. The molecule has 198 valence electrons. The van der Waals surface area contributed by atoms with Crippen LogP contribution in [0.15, 0.2) is 54.7 Å². The van der Waals surface area contributed by atoms with Gasteiger partial charge in [-0.15, -0.1) is 0 Å². The van der Waals surface area contributed by atoms with Crippen LogP contribution in [0.3, 0.4) is 0 Å². The van der Waals surface area contributed by atoms with Crippen molar-refractivity contribution in [2.75, 3.05) is 6.61 Å². The van der Waals surface area contributed by atoms with E-state index in [-0.39, 0.29) is 0 Å². The van der Waals surface area contributed by atoms with Gasteiger partial charge in [0.2, 0.25) is 0 Å².